The van der Waals surface area contributed by atoms with E-state index in [1.54, 1.807) is 19.2 Å². The Balaban J connectivity index is 1.69. The van der Waals surface area contributed by atoms with Gasteiger partial charge in [-0.2, -0.15) is 0 Å². The van der Waals surface area contributed by atoms with Crippen molar-refractivity contribution in [3.63, 3.8) is 0 Å². The van der Waals surface area contributed by atoms with Gasteiger partial charge >= 0.3 is 0 Å². The number of rotatable bonds is 6. The van der Waals surface area contributed by atoms with Gasteiger partial charge in [0.15, 0.2) is 0 Å². The van der Waals surface area contributed by atoms with Gasteiger partial charge in [-0.25, -0.2) is 0 Å². The predicted molar refractivity (Wildman–Crippen MR) is 112 cm³/mol. The lowest BCUT2D eigenvalue weighted by molar-refractivity contribution is -0.115. The molecule has 1 aliphatic rings. The van der Waals surface area contributed by atoms with E-state index in [2.05, 4.69) is 15.5 Å². The zero-order chi connectivity index (χ0) is 20.3. The smallest absolute Gasteiger partial charge is 0.251 e. The Morgan fingerprint density at radius 3 is 2.61 bits per heavy atom. The first-order valence-electron chi connectivity index (χ1n) is 9.09. The van der Waals surface area contributed by atoms with Crippen molar-refractivity contribution in [1.29, 1.82) is 0 Å². The van der Waals surface area contributed by atoms with Gasteiger partial charge in [-0.05, 0) is 56.9 Å². The molecule has 0 fully saturated rings. The van der Waals surface area contributed by atoms with Crippen molar-refractivity contribution >= 4 is 29.3 Å². The highest BCUT2D eigenvalue weighted by molar-refractivity contribution is 8.00. The first-order valence-corrected chi connectivity index (χ1v) is 9.97. The minimum absolute atomic E-state index is 0.0311. The standard InChI is InChI=1S/C21H25N3O3S/c1-13-20(25)23-17-11-15(7-10-19(17)28-13)21(26)22-12-18(24(2)3)14-5-8-16(27-4)9-6-14/h5-11,13,18H,12H2,1-4H3,(H,22,26)(H,23,25)/t13-,18-/m1/s1. The highest BCUT2D eigenvalue weighted by atomic mass is 32.2. The average Bonchev–Trinajstić information content (AvgIpc) is 2.68. The van der Waals surface area contributed by atoms with Gasteiger partial charge in [0, 0.05) is 17.0 Å². The van der Waals surface area contributed by atoms with Crippen LogP contribution in [0.4, 0.5) is 5.69 Å². The number of likely N-dealkylation sites (N-methyl/N-ethyl adjacent to an activating group) is 1. The van der Waals surface area contributed by atoms with Crippen LogP contribution in [0.15, 0.2) is 47.4 Å². The number of fused-ring (bicyclic) bond motifs is 1. The Labute approximate surface area is 169 Å². The number of amides is 2. The van der Waals surface area contributed by atoms with Crippen molar-refractivity contribution in [3.05, 3.63) is 53.6 Å². The molecule has 2 amide bonds. The molecule has 2 aromatic carbocycles. The van der Waals surface area contributed by atoms with E-state index in [9.17, 15) is 9.59 Å². The highest BCUT2D eigenvalue weighted by Gasteiger charge is 2.24. The van der Waals surface area contributed by atoms with Gasteiger partial charge in [0.2, 0.25) is 5.91 Å². The van der Waals surface area contributed by atoms with Crippen molar-refractivity contribution in [3.8, 4) is 5.75 Å². The van der Waals surface area contributed by atoms with E-state index in [0.717, 1.165) is 16.2 Å². The van der Waals surface area contributed by atoms with Gasteiger partial charge in [-0.1, -0.05) is 12.1 Å². The third kappa shape index (κ3) is 4.48. The number of benzene rings is 2. The molecule has 28 heavy (non-hydrogen) atoms. The van der Waals surface area contributed by atoms with E-state index in [1.807, 2.05) is 51.4 Å². The maximum absolute atomic E-state index is 12.7. The van der Waals surface area contributed by atoms with E-state index in [0.29, 0.717) is 17.8 Å². The van der Waals surface area contributed by atoms with E-state index < -0.39 is 0 Å². The minimum atomic E-state index is -0.166. The summed E-state index contributed by atoms with van der Waals surface area (Å²) >= 11 is 1.50. The fourth-order valence-electron chi connectivity index (χ4n) is 3.07. The number of hydrogen-bond donors (Lipinski definition) is 2. The molecule has 0 saturated carbocycles. The molecule has 3 rings (SSSR count). The Kier molecular flexibility index (Phi) is 6.26. The molecule has 0 spiro atoms. The summed E-state index contributed by atoms with van der Waals surface area (Å²) in [5, 5.41) is 5.74. The van der Waals surface area contributed by atoms with Gasteiger partial charge in [0.1, 0.15) is 5.75 Å². The van der Waals surface area contributed by atoms with Crippen molar-refractivity contribution in [2.45, 2.75) is 23.1 Å². The molecule has 148 valence electrons. The molecule has 0 saturated heterocycles. The number of carbonyl (C=O) groups excluding carboxylic acids is 2. The number of nitrogens with zero attached hydrogens (tertiary/aromatic N) is 1. The normalized spacial score (nSPS) is 16.9. The molecule has 0 unspecified atom stereocenters. The Morgan fingerprint density at radius 1 is 1.25 bits per heavy atom. The monoisotopic (exact) mass is 399 g/mol. The average molecular weight is 400 g/mol. The molecular formula is C21H25N3O3S. The number of anilines is 1. The fraction of sp³-hybridized carbons (Fsp3) is 0.333. The second-order valence-electron chi connectivity index (χ2n) is 6.92. The van der Waals surface area contributed by atoms with Gasteiger partial charge in [-0.3, -0.25) is 9.59 Å². The summed E-state index contributed by atoms with van der Waals surface area (Å²) in [6.45, 7) is 2.33. The second kappa shape index (κ2) is 8.67. The lowest BCUT2D eigenvalue weighted by Gasteiger charge is -2.25. The number of ether oxygens (including phenoxy) is 1. The summed E-state index contributed by atoms with van der Waals surface area (Å²) in [4.78, 5) is 27.6. The summed E-state index contributed by atoms with van der Waals surface area (Å²) in [7, 11) is 5.60. The Hall–Kier alpha value is -2.51. The molecule has 0 aliphatic carbocycles. The molecule has 2 N–H and O–H groups in total. The molecule has 2 atom stereocenters. The first-order chi connectivity index (χ1) is 13.4. The number of hydrogen-bond acceptors (Lipinski definition) is 5. The third-order valence-corrected chi connectivity index (χ3v) is 5.93. The Morgan fingerprint density at radius 2 is 1.96 bits per heavy atom. The lowest BCUT2D eigenvalue weighted by Crippen LogP contribution is -2.34. The molecule has 0 aromatic heterocycles. The quantitative estimate of drug-likeness (QED) is 0.781. The largest absolute Gasteiger partial charge is 0.497 e. The number of carbonyl (C=O) groups is 2. The molecule has 0 bridgehead atoms. The van der Waals surface area contributed by atoms with Crippen LogP contribution in [0.2, 0.25) is 0 Å². The zero-order valence-electron chi connectivity index (χ0n) is 16.5. The maximum atomic E-state index is 12.7. The van der Waals surface area contributed by atoms with Gasteiger partial charge in [-0.15, -0.1) is 11.8 Å². The third-order valence-electron chi connectivity index (χ3n) is 4.75. The predicted octanol–water partition coefficient (Wildman–Crippen LogP) is 3.16. The second-order valence-corrected chi connectivity index (χ2v) is 8.31. The zero-order valence-corrected chi connectivity index (χ0v) is 17.3. The fourth-order valence-corrected chi connectivity index (χ4v) is 4.00. The number of nitrogens with one attached hydrogen (secondary N) is 2. The number of thioether (sulfide) groups is 1. The molecule has 0 radical (unpaired) electrons. The van der Waals surface area contributed by atoms with Crippen LogP contribution in [0, 0.1) is 0 Å². The van der Waals surface area contributed by atoms with Crippen LogP contribution >= 0.6 is 11.8 Å². The van der Waals surface area contributed by atoms with E-state index in [1.165, 1.54) is 11.8 Å². The summed E-state index contributed by atoms with van der Waals surface area (Å²) in [5.74, 6) is 0.594. The maximum Gasteiger partial charge on any atom is 0.251 e. The van der Waals surface area contributed by atoms with Gasteiger partial charge < -0.3 is 20.3 Å². The minimum Gasteiger partial charge on any atom is -0.497 e. The van der Waals surface area contributed by atoms with Crippen molar-refractivity contribution < 1.29 is 14.3 Å². The molecule has 7 heteroatoms. The lowest BCUT2D eigenvalue weighted by atomic mass is 10.1. The van der Waals surface area contributed by atoms with Crippen LogP contribution in [-0.4, -0.2) is 49.7 Å². The summed E-state index contributed by atoms with van der Waals surface area (Å²) in [6, 6.07) is 13.3. The highest BCUT2D eigenvalue weighted by Crippen LogP contribution is 2.35. The van der Waals surface area contributed by atoms with Crippen LogP contribution in [0.25, 0.3) is 0 Å². The van der Waals surface area contributed by atoms with Gasteiger partial charge in [0.25, 0.3) is 5.91 Å². The van der Waals surface area contributed by atoms with E-state index >= 15 is 0 Å². The van der Waals surface area contributed by atoms with Crippen LogP contribution in [0.1, 0.15) is 28.9 Å². The summed E-state index contributed by atoms with van der Waals surface area (Å²) in [6.07, 6.45) is 0. The number of methoxy groups -OCH3 is 1. The van der Waals surface area contributed by atoms with Crippen LogP contribution in [0.3, 0.4) is 0 Å². The summed E-state index contributed by atoms with van der Waals surface area (Å²) < 4.78 is 5.21. The van der Waals surface area contributed by atoms with Crippen molar-refractivity contribution in [2.24, 2.45) is 0 Å². The van der Waals surface area contributed by atoms with Crippen LogP contribution in [0.5, 0.6) is 5.75 Å². The van der Waals surface area contributed by atoms with Crippen molar-refractivity contribution in [2.75, 3.05) is 33.1 Å². The topological polar surface area (TPSA) is 70.7 Å². The molecular weight excluding hydrogens is 374 g/mol. The summed E-state index contributed by atoms with van der Waals surface area (Å²) in [5.41, 5.74) is 2.32. The van der Waals surface area contributed by atoms with E-state index in [4.69, 9.17) is 4.74 Å². The van der Waals surface area contributed by atoms with E-state index in [-0.39, 0.29) is 23.1 Å². The first kappa shape index (κ1) is 20.2. The Bertz CT molecular complexity index is 868. The SMILES string of the molecule is COc1ccc([C@@H](CNC(=O)c2ccc3c(c2)NC(=O)[C@@H](C)S3)N(C)C)cc1. The van der Waals surface area contributed by atoms with Crippen molar-refractivity contribution in [1.82, 2.24) is 10.2 Å². The van der Waals surface area contributed by atoms with Gasteiger partial charge in [0.05, 0.1) is 24.1 Å². The molecule has 1 heterocycles. The molecule has 6 nitrogen and oxygen atoms in total. The molecule has 1 aliphatic heterocycles. The van der Waals surface area contributed by atoms with Crippen LogP contribution < -0.4 is 15.4 Å². The van der Waals surface area contributed by atoms with Crippen LogP contribution in [-0.2, 0) is 4.79 Å². The molecule has 2 aromatic rings.